The van der Waals surface area contributed by atoms with Gasteiger partial charge in [-0.1, -0.05) is 11.6 Å². The highest BCUT2D eigenvalue weighted by atomic mass is 35.5. The number of aromatic nitrogens is 1. The summed E-state index contributed by atoms with van der Waals surface area (Å²) in [5.74, 6) is 0.913. The predicted molar refractivity (Wildman–Crippen MR) is 60.0 cm³/mol. The average molecular weight is 251 g/mol. The highest BCUT2D eigenvalue weighted by molar-refractivity contribution is 6.30. The van der Waals surface area contributed by atoms with Gasteiger partial charge in [0.05, 0.1) is 11.3 Å². The van der Waals surface area contributed by atoms with Crippen LogP contribution in [0.1, 0.15) is 11.9 Å². The maximum Gasteiger partial charge on any atom is 0.274 e. The average Bonchev–Trinajstić information content (AvgIpc) is 2.82. The Hall–Kier alpha value is -2.01. The molecule has 1 aliphatic rings. The third kappa shape index (κ3) is 1.74. The molecule has 0 radical (unpaired) electrons. The van der Waals surface area contributed by atoms with Gasteiger partial charge in [0.25, 0.3) is 5.91 Å². The summed E-state index contributed by atoms with van der Waals surface area (Å²) in [6.45, 7) is 0. The predicted octanol–water partition coefficient (Wildman–Crippen LogP) is 2.40. The number of anilines is 1. The summed E-state index contributed by atoms with van der Waals surface area (Å²) < 4.78 is 10.7. The first-order valence-electron chi connectivity index (χ1n) is 4.90. The van der Waals surface area contributed by atoms with Crippen molar-refractivity contribution in [2.45, 2.75) is 6.10 Å². The zero-order valence-electron chi connectivity index (χ0n) is 8.51. The van der Waals surface area contributed by atoms with Crippen LogP contribution in [0.4, 0.5) is 5.82 Å². The fourth-order valence-corrected chi connectivity index (χ4v) is 1.74. The molecule has 0 saturated carbocycles. The van der Waals surface area contributed by atoms with Crippen LogP contribution in [0, 0.1) is 0 Å². The maximum absolute atomic E-state index is 11.8. The van der Waals surface area contributed by atoms with Crippen molar-refractivity contribution in [3.05, 3.63) is 41.4 Å². The quantitative estimate of drug-likeness (QED) is 0.844. The molecule has 86 valence electrons. The lowest BCUT2D eigenvalue weighted by atomic mass is 10.2. The van der Waals surface area contributed by atoms with Crippen LogP contribution in [0.5, 0.6) is 5.75 Å². The van der Waals surface area contributed by atoms with Crippen molar-refractivity contribution in [2.24, 2.45) is 0 Å². The number of hydrogen-bond donors (Lipinski definition) is 1. The Morgan fingerprint density at radius 3 is 3.12 bits per heavy atom. The Labute approximate surface area is 101 Å². The number of halogens is 1. The van der Waals surface area contributed by atoms with Gasteiger partial charge in [0.1, 0.15) is 0 Å². The van der Waals surface area contributed by atoms with E-state index in [4.69, 9.17) is 20.8 Å². The molecule has 0 fully saturated rings. The summed E-state index contributed by atoms with van der Waals surface area (Å²) in [6, 6.07) is 4.96. The minimum atomic E-state index is -0.808. The Kier molecular flexibility index (Phi) is 2.26. The van der Waals surface area contributed by atoms with Crippen molar-refractivity contribution < 1.29 is 13.9 Å². The highest BCUT2D eigenvalue weighted by Crippen LogP contribution is 2.34. The Bertz CT molecular complexity index is 568. The van der Waals surface area contributed by atoms with Crippen molar-refractivity contribution in [3.8, 4) is 5.75 Å². The fourth-order valence-electron chi connectivity index (χ4n) is 1.59. The van der Waals surface area contributed by atoms with Gasteiger partial charge >= 0.3 is 0 Å². The summed E-state index contributed by atoms with van der Waals surface area (Å²) in [4.78, 5) is 15.7. The molecule has 0 aliphatic carbocycles. The number of ether oxygens (including phenoxy) is 1. The molecule has 5 nitrogen and oxygen atoms in total. The van der Waals surface area contributed by atoms with E-state index >= 15 is 0 Å². The molecule has 1 aliphatic heterocycles. The molecular weight excluding hydrogens is 244 g/mol. The van der Waals surface area contributed by atoms with Gasteiger partial charge in [-0.05, 0) is 12.1 Å². The van der Waals surface area contributed by atoms with Crippen molar-refractivity contribution in [3.63, 3.8) is 0 Å². The number of furan rings is 1. The fraction of sp³-hybridized carbons (Fsp3) is 0.0909. The first kappa shape index (κ1) is 10.2. The lowest BCUT2D eigenvalue weighted by Gasteiger charge is -2.23. The van der Waals surface area contributed by atoms with E-state index in [0.717, 1.165) is 0 Å². The Balaban J connectivity index is 1.99. The minimum absolute atomic E-state index is 0.317. The molecule has 0 bridgehead atoms. The van der Waals surface area contributed by atoms with Crippen LogP contribution < -0.4 is 10.1 Å². The van der Waals surface area contributed by atoms with Crippen LogP contribution in [-0.2, 0) is 4.79 Å². The molecule has 3 heterocycles. The lowest BCUT2D eigenvalue weighted by molar-refractivity contribution is -0.124. The van der Waals surface area contributed by atoms with E-state index < -0.39 is 6.10 Å². The van der Waals surface area contributed by atoms with Crippen LogP contribution in [0.3, 0.4) is 0 Å². The molecule has 6 heteroatoms. The molecule has 1 unspecified atom stereocenters. The first-order valence-corrected chi connectivity index (χ1v) is 5.28. The monoisotopic (exact) mass is 250 g/mol. The molecule has 2 aromatic heterocycles. The van der Waals surface area contributed by atoms with Gasteiger partial charge in [0, 0.05) is 12.3 Å². The molecule has 17 heavy (non-hydrogen) atoms. The third-order valence-electron chi connectivity index (χ3n) is 2.35. The summed E-state index contributed by atoms with van der Waals surface area (Å²) in [5, 5.41) is 3.07. The number of carbonyl (C=O) groups is 1. The number of nitrogens with one attached hydrogen (secondary N) is 1. The van der Waals surface area contributed by atoms with Gasteiger partial charge in [0.2, 0.25) is 6.10 Å². The van der Waals surface area contributed by atoms with Crippen molar-refractivity contribution in [2.75, 3.05) is 5.32 Å². The topological polar surface area (TPSA) is 64.4 Å². The molecule has 0 spiro atoms. The van der Waals surface area contributed by atoms with Crippen LogP contribution in [0.2, 0.25) is 5.02 Å². The molecule has 0 aromatic carbocycles. The molecule has 2 aromatic rings. The maximum atomic E-state index is 11.8. The summed E-state index contributed by atoms with van der Waals surface area (Å²) in [5.41, 5.74) is 0. The highest BCUT2D eigenvalue weighted by Gasteiger charge is 2.31. The number of amides is 1. The Morgan fingerprint density at radius 2 is 2.35 bits per heavy atom. The molecule has 3 rings (SSSR count). The van der Waals surface area contributed by atoms with Crippen LogP contribution >= 0.6 is 11.6 Å². The molecule has 1 N–H and O–H groups in total. The molecule has 1 amide bonds. The standard InChI is InChI=1S/C11H7ClN2O3/c12-6-4-8-10(13-5-6)14-11(15)9(17-8)7-2-1-3-16-7/h1-5,9H,(H,13,14,15). The first-order chi connectivity index (χ1) is 8.24. The second kappa shape index (κ2) is 3.78. The van der Waals surface area contributed by atoms with Gasteiger partial charge in [-0.25, -0.2) is 4.98 Å². The third-order valence-corrected chi connectivity index (χ3v) is 2.55. The largest absolute Gasteiger partial charge is 0.469 e. The van der Waals surface area contributed by atoms with E-state index in [-0.39, 0.29) is 5.91 Å². The molecule has 0 saturated heterocycles. The zero-order valence-corrected chi connectivity index (χ0v) is 9.27. The summed E-state index contributed by atoms with van der Waals surface area (Å²) >= 11 is 5.81. The van der Waals surface area contributed by atoms with Crippen molar-refractivity contribution in [1.82, 2.24) is 4.98 Å². The number of nitrogens with zero attached hydrogens (tertiary/aromatic N) is 1. The van der Waals surface area contributed by atoms with E-state index in [2.05, 4.69) is 10.3 Å². The second-order valence-corrected chi connectivity index (χ2v) is 3.94. The number of hydrogen-bond acceptors (Lipinski definition) is 4. The second-order valence-electron chi connectivity index (χ2n) is 3.50. The molecular formula is C11H7ClN2O3. The van der Waals surface area contributed by atoms with Crippen molar-refractivity contribution in [1.29, 1.82) is 0 Å². The number of fused-ring (bicyclic) bond motifs is 1. The smallest absolute Gasteiger partial charge is 0.274 e. The van der Waals surface area contributed by atoms with Gasteiger partial charge in [-0.2, -0.15) is 0 Å². The Morgan fingerprint density at radius 1 is 1.47 bits per heavy atom. The minimum Gasteiger partial charge on any atom is -0.469 e. The summed E-state index contributed by atoms with van der Waals surface area (Å²) in [7, 11) is 0. The van der Waals surface area contributed by atoms with Gasteiger partial charge < -0.3 is 14.5 Å². The normalized spacial score (nSPS) is 18.2. The van der Waals surface area contributed by atoms with Crippen LogP contribution in [0.25, 0.3) is 0 Å². The van der Waals surface area contributed by atoms with E-state index in [1.165, 1.54) is 12.5 Å². The van der Waals surface area contributed by atoms with E-state index in [9.17, 15) is 4.79 Å². The number of pyridine rings is 1. The van der Waals surface area contributed by atoms with Crippen molar-refractivity contribution >= 4 is 23.3 Å². The number of rotatable bonds is 1. The molecule has 1 atom stereocenters. The van der Waals surface area contributed by atoms with Gasteiger partial charge in [-0.3, -0.25) is 4.79 Å². The van der Waals surface area contributed by atoms with Crippen LogP contribution in [0.15, 0.2) is 35.1 Å². The SMILES string of the molecule is O=C1Nc2ncc(Cl)cc2OC1c1ccco1. The summed E-state index contributed by atoms with van der Waals surface area (Å²) in [6.07, 6.45) is 2.12. The lowest BCUT2D eigenvalue weighted by Crippen LogP contribution is -2.30. The zero-order chi connectivity index (χ0) is 11.8. The van der Waals surface area contributed by atoms with Gasteiger partial charge in [0.15, 0.2) is 17.3 Å². The van der Waals surface area contributed by atoms with E-state index in [1.54, 1.807) is 18.2 Å². The van der Waals surface area contributed by atoms with Gasteiger partial charge in [-0.15, -0.1) is 0 Å². The van der Waals surface area contributed by atoms with Crippen LogP contribution in [-0.4, -0.2) is 10.9 Å². The number of carbonyl (C=O) groups excluding carboxylic acids is 1. The van der Waals surface area contributed by atoms with E-state index in [0.29, 0.717) is 22.4 Å². The van der Waals surface area contributed by atoms with E-state index in [1.807, 2.05) is 0 Å².